The Balaban J connectivity index is 1.84. The van der Waals surface area contributed by atoms with Crippen molar-refractivity contribution in [2.75, 3.05) is 0 Å². The van der Waals surface area contributed by atoms with Crippen LogP contribution < -0.4 is 5.32 Å². The van der Waals surface area contributed by atoms with Gasteiger partial charge in [-0.3, -0.25) is 4.40 Å². The Morgan fingerprint density at radius 1 is 1.53 bits per heavy atom. The van der Waals surface area contributed by atoms with E-state index in [1.807, 2.05) is 0 Å². The van der Waals surface area contributed by atoms with E-state index in [1.54, 1.807) is 11.3 Å². The molecular weight excluding hydrogens is 230 g/mol. The van der Waals surface area contributed by atoms with Crippen LogP contribution in [-0.4, -0.2) is 15.4 Å². The summed E-state index contributed by atoms with van der Waals surface area (Å²) in [7, 11) is 0. The lowest BCUT2D eigenvalue weighted by molar-refractivity contribution is 0.536. The number of thiazole rings is 1. The van der Waals surface area contributed by atoms with E-state index < -0.39 is 0 Å². The summed E-state index contributed by atoms with van der Waals surface area (Å²) < 4.78 is 2.28. The molecule has 0 bridgehead atoms. The lowest BCUT2D eigenvalue weighted by Gasteiger charge is -2.07. The standard InChI is InChI=1S/C13H19N3S/c1-8-7-17-12-15-9(2)10(16(8)12)6-14-11-5-13(11,3)4/h7,11,14H,5-6H2,1-4H3. The van der Waals surface area contributed by atoms with Crippen molar-refractivity contribution in [3.05, 3.63) is 22.5 Å². The predicted molar refractivity (Wildman–Crippen MR) is 71.6 cm³/mol. The Hall–Kier alpha value is -0.870. The van der Waals surface area contributed by atoms with Gasteiger partial charge in [0.1, 0.15) is 0 Å². The number of hydrogen-bond donors (Lipinski definition) is 1. The molecule has 1 fully saturated rings. The first kappa shape index (κ1) is 11.2. The van der Waals surface area contributed by atoms with E-state index in [1.165, 1.54) is 17.8 Å². The minimum atomic E-state index is 0.487. The summed E-state index contributed by atoms with van der Waals surface area (Å²) in [5.74, 6) is 0. The normalized spacial score (nSPS) is 22.2. The van der Waals surface area contributed by atoms with E-state index >= 15 is 0 Å². The van der Waals surface area contributed by atoms with E-state index in [9.17, 15) is 0 Å². The largest absolute Gasteiger partial charge is 0.308 e. The van der Waals surface area contributed by atoms with Crippen molar-refractivity contribution in [2.45, 2.75) is 46.7 Å². The van der Waals surface area contributed by atoms with Gasteiger partial charge in [-0.05, 0) is 25.7 Å². The van der Waals surface area contributed by atoms with Crippen LogP contribution in [0.25, 0.3) is 4.96 Å². The molecule has 3 nitrogen and oxygen atoms in total. The second-order valence-corrected chi connectivity index (χ2v) is 6.60. The zero-order valence-corrected chi connectivity index (χ0v) is 11.7. The SMILES string of the molecule is Cc1nc2scc(C)n2c1CNC1CC1(C)C. The van der Waals surface area contributed by atoms with Crippen LogP contribution in [0.4, 0.5) is 0 Å². The second kappa shape index (κ2) is 3.56. The van der Waals surface area contributed by atoms with E-state index in [0.29, 0.717) is 11.5 Å². The molecule has 1 aliphatic carbocycles. The summed E-state index contributed by atoms with van der Waals surface area (Å²) in [6.45, 7) is 9.82. The lowest BCUT2D eigenvalue weighted by atomic mass is 10.2. The lowest BCUT2D eigenvalue weighted by Crippen LogP contribution is -2.21. The van der Waals surface area contributed by atoms with Crippen molar-refractivity contribution < 1.29 is 0 Å². The highest BCUT2D eigenvalue weighted by atomic mass is 32.1. The number of aryl methyl sites for hydroxylation is 2. The Morgan fingerprint density at radius 3 is 2.88 bits per heavy atom. The number of aromatic nitrogens is 2. The maximum absolute atomic E-state index is 4.61. The highest BCUT2D eigenvalue weighted by Crippen LogP contribution is 2.44. The fraction of sp³-hybridized carbons (Fsp3) is 0.615. The van der Waals surface area contributed by atoms with Crippen LogP contribution in [0.15, 0.2) is 5.38 Å². The van der Waals surface area contributed by atoms with Crippen molar-refractivity contribution in [1.82, 2.24) is 14.7 Å². The van der Waals surface area contributed by atoms with Crippen LogP contribution in [0.3, 0.4) is 0 Å². The topological polar surface area (TPSA) is 29.3 Å². The molecule has 4 heteroatoms. The molecule has 17 heavy (non-hydrogen) atoms. The molecule has 0 spiro atoms. The molecule has 2 heterocycles. The van der Waals surface area contributed by atoms with Crippen molar-refractivity contribution in [3.63, 3.8) is 0 Å². The van der Waals surface area contributed by atoms with Gasteiger partial charge in [-0.1, -0.05) is 13.8 Å². The monoisotopic (exact) mass is 249 g/mol. The third kappa shape index (κ3) is 1.79. The third-order valence-corrected chi connectivity index (χ3v) is 4.80. The Morgan fingerprint density at radius 2 is 2.24 bits per heavy atom. The summed E-state index contributed by atoms with van der Waals surface area (Å²) >= 11 is 1.72. The predicted octanol–water partition coefficient (Wildman–Crippen LogP) is 2.90. The first-order chi connectivity index (χ1) is 7.99. The van der Waals surface area contributed by atoms with Crippen molar-refractivity contribution >= 4 is 16.3 Å². The average molecular weight is 249 g/mol. The smallest absolute Gasteiger partial charge is 0.194 e. The minimum Gasteiger partial charge on any atom is -0.308 e. The first-order valence-electron chi connectivity index (χ1n) is 6.14. The van der Waals surface area contributed by atoms with E-state index in [4.69, 9.17) is 0 Å². The summed E-state index contributed by atoms with van der Waals surface area (Å²) in [4.78, 5) is 5.73. The molecule has 92 valence electrons. The molecule has 1 atom stereocenters. The molecule has 3 rings (SSSR count). The molecule has 1 saturated carbocycles. The van der Waals surface area contributed by atoms with Gasteiger partial charge in [-0.2, -0.15) is 0 Å². The van der Waals surface area contributed by atoms with Crippen LogP contribution >= 0.6 is 11.3 Å². The van der Waals surface area contributed by atoms with Gasteiger partial charge >= 0.3 is 0 Å². The molecule has 0 saturated heterocycles. The van der Waals surface area contributed by atoms with Gasteiger partial charge < -0.3 is 5.32 Å². The third-order valence-electron chi connectivity index (χ3n) is 3.86. The summed E-state index contributed by atoms with van der Waals surface area (Å²) in [6, 6.07) is 0.673. The van der Waals surface area contributed by atoms with E-state index in [2.05, 4.69) is 47.8 Å². The molecule has 0 amide bonds. The Labute approximate surface area is 106 Å². The van der Waals surface area contributed by atoms with E-state index in [-0.39, 0.29) is 0 Å². The summed E-state index contributed by atoms with van der Waals surface area (Å²) in [5.41, 5.74) is 4.26. The number of fused-ring (bicyclic) bond motifs is 1. The van der Waals surface area contributed by atoms with Gasteiger partial charge in [-0.15, -0.1) is 11.3 Å². The summed E-state index contributed by atoms with van der Waals surface area (Å²) in [6.07, 6.45) is 1.29. The van der Waals surface area contributed by atoms with E-state index in [0.717, 1.165) is 17.2 Å². The zero-order valence-electron chi connectivity index (χ0n) is 10.9. The molecule has 2 aromatic rings. The number of nitrogens with zero attached hydrogens (tertiary/aromatic N) is 2. The van der Waals surface area contributed by atoms with Crippen LogP contribution in [0, 0.1) is 19.3 Å². The van der Waals surface area contributed by atoms with Gasteiger partial charge in [0.25, 0.3) is 0 Å². The number of nitrogens with one attached hydrogen (secondary N) is 1. The van der Waals surface area contributed by atoms with Crippen molar-refractivity contribution in [3.8, 4) is 0 Å². The maximum Gasteiger partial charge on any atom is 0.194 e. The first-order valence-corrected chi connectivity index (χ1v) is 7.02. The molecule has 1 unspecified atom stereocenters. The molecule has 0 radical (unpaired) electrons. The molecule has 1 N–H and O–H groups in total. The molecule has 1 aliphatic rings. The molecule has 0 aliphatic heterocycles. The quantitative estimate of drug-likeness (QED) is 0.906. The molecule has 0 aromatic carbocycles. The highest BCUT2D eigenvalue weighted by Gasteiger charge is 2.45. The second-order valence-electron chi connectivity index (χ2n) is 5.77. The van der Waals surface area contributed by atoms with Crippen molar-refractivity contribution in [2.24, 2.45) is 5.41 Å². The number of hydrogen-bond acceptors (Lipinski definition) is 3. The van der Waals surface area contributed by atoms with Crippen molar-refractivity contribution in [1.29, 1.82) is 0 Å². The van der Waals surface area contributed by atoms with Crippen LogP contribution in [0.1, 0.15) is 37.4 Å². The van der Waals surface area contributed by atoms with Gasteiger partial charge in [0.2, 0.25) is 0 Å². The molecule has 2 aromatic heterocycles. The zero-order chi connectivity index (χ0) is 12.2. The number of rotatable bonds is 3. The molecular formula is C13H19N3S. The fourth-order valence-corrected chi connectivity index (χ4v) is 3.34. The average Bonchev–Trinajstić information content (AvgIpc) is 2.55. The van der Waals surface area contributed by atoms with Gasteiger partial charge in [0.15, 0.2) is 4.96 Å². The maximum atomic E-state index is 4.61. The van der Waals surface area contributed by atoms with Gasteiger partial charge in [0.05, 0.1) is 11.4 Å². The summed E-state index contributed by atoms with van der Waals surface area (Å²) in [5, 5.41) is 5.82. The van der Waals surface area contributed by atoms with Gasteiger partial charge in [-0.25, -0.2) is 4.98 Å². The fourth-order valence-electron chi connectivity index (χ4n) is 2.41. The minimum absolute atomic E-state index is 0.487. The Bertz CT molecular complexity index is 564. The van der Waals surface area contributed by atoms with Crippen LogP contribution in [0.5, 0.6) is 0 Å². The highest BCUT2D eigenvalue weighted by molar-refractivity contribution is 7.15. The van der Waals surface area contributed by atoms with Crippen LogP contribution in [-0.2, 0) is 6.54 Å². The van der Waals surface area contributed by atoms with Gasteiger partial charge in [0, 0.05) is 23.7 Å². The van der Waals surface area contributed by atoms with Crippen LogP contribution in [0.2, 0.25) is 0 Å². The Kier molecular flexibility index (Phi) is 2.35. The number of imidazole rings is 1.